The van der Waals surface area contributed by atoms with E-state index in [4.69, 9.17) is 28.4 Å². The number of amides is 3. The minimum absolute atomic E-state index is 0.0440. The smallest absolute Gasteiger partial charge is 0.411 e. The van der Waals surface area contributed by atoms with Gasteiger partial charge in [0.05, 0.1) is 26.4 Å². The first-order valence-electron chi connectivity index (χ1n) is 13.0. The first-order chi connectivity index (χ1) is 18.7. The first kappa shape index (κ1) is 34.6. The van der Waals surface area contributed by atoms with E-state index in [0.717, 1.165) is 14.7 Å². The minimum Gasteiger partial charge on any atom is -0.465 e. The number of hydrogen-bond acceptors (Lipinski definition) is 12. The fourth-order valence-electron chi connectivity index (χ4n) is 3.32. The van der Waals surface area contributed by atoms with E-state index >= 15 is 0 Å². The van der Waals surface area contributed by atoms with Gasteiger partial charge in [-0.2, -0.15) is 0 Å². The molecule has 1 fully saturated rings. The highest BCUT2D eigenvalue weighted by Gasteiger charge is 2.34. The van der Waals surface area contributed by atoms with Crippen molar-refractivity contribution in [1.29, 1.82) is 0 Å². The van der Waals surface area contributed by atoms with Gasteiger partial charge in [-0.3, -0.25) is 28.9 Å². The van der Waals surface area contributed by atoms with Crippen LogP contribution in [0.2, 0.25) is 0 Å². The zero-order valence-electron chi connectivity index (χ0n) is 24.3. The lowest BCUT2D eigenvalue weighted by molar-refractivity contribution is -0.376. The summed E-state index contributed by atoms with van der Waals surface area (Å²) in [5, 5.41) is 0. The fourth-order valence-corrected chi connectivity index (χ4v) is 3.32. The summed E-state index contributed by atoms with van der Waals surface area (Å²) in [6.45, 7) is 8.18. The van der Waals surface area contributed by atoms with E-state index in [1.54, 1.807) is 48.5 Å². The summed E-state index contributed by atoms with van der Waals surface area (Å²) in [6, 6.07) is 0. The van der Waals surface area contributed by atoms with Crippen LogP contribution in [-0.4, -0.2) is 128 Å². The zero-order chi connectivity index (χ0) is 30.5. The van der Waals surface area contributed by atoms with Crippen molar-refractivity contribution >= 4 is 35.8 Å². The molecule has 0 spiro atoms. The Labute approximate surface area is 233 Å². The van der Waals surface area contributed by atoms with E-state index in [9.17, 15) is 28.8 Å². The Morgan fingerprint density at radius 2 is 1.05 bits per heavy atom. The second-order valence-corrected chi connectivity index (χ2v) is 9.54. The molecule has 0 aromatic carbocycles. The highest BCUT2D eigenvalue weighted by Crippen LogP contribution is 2.17. The number of ether oxygens (including phenoxy) is 6. The second kappa shape index (κ2) is 16.6. The summed E-state index contributed by atoms with van der Waals surface area (Å²) in [6.07, 6.45) is -2.29. The van der Waals surface area contributed by atoms with Gasteiger partial charge in [0.15, 0.2) is 12.6 Å². The molecule has 0 N–H and O–H groups in total. The van der Waals surface area contributed by atoms with Crippen LogP contribution in [0, 0.1) is 0 Å². The number of esters is 3. The SMILES string of the molecule is CCOC(=O)CN(CC(=O)OCC)C(=O)CN(CC(=O)N(CC(=O)OCC)CC1OC(C)O1)C(=O)OC(C)(C)C. The van der Waals surface area contributed by atoms with Crippen LogP contribution < -0.4 is 0 Å². The number of nitrogens with zero attached hydrogens (tertiary/aromatic N) is 3. The molecule has 1 heterocycles. The molecule has 15 heteroatoms. The average molecular weight is 576 g/mol. The summed E-state index contributed by atoms with van der Waals surface area (Å²) in [5.41, 5.74) is -0.981. The molecule has 1 rings (SSSR count). The second-order valence-electron chi connectivity index (χ2n) is 9.54. The molecule has 0 saturated carbocycles. The van der Waals surface area contributed by atoms with Gasteiger partial charge in [-0.1, -0.05) is 0 Å². The predicted molar refractivity (Wildman–Crippen MR) is 136 cm³/mol. The Kier molecular flexibility index (Phi) is 14.3. The average Bonchev–Trinajstić information content (AvgIpc) is 2.80. The largest absolute Gasteiger partial charge is 0.465 e. The molecule has 0 aromatic heterocycles. The van der Waals surface area contributed by atoms with Gasteiger partial charge in [0.1, 0.15) is 38.3 Å². The summed E-state index contributed by atoms with van der Waals surface area (Å²) in [5.74, 6) is -3.85. The van der Waals surface area contributed by atoms with Crippen molar-refractivity contribution in [3.63, 3.8) is 0 Å². The number of rotatable bonds is 15. The number of carbonyl (C=O) groups is 6. The standard InChI is InChI=1S/C25H41N3O12/c1-8-35-20(31)13-26(14-21(32)36-9-2)18(29)11-28(24(34)40-25(5,6)7)12-19(30)27(15-22(33)37-10-3)16-23-38-17(4)39-23/h17,23H,8-16H2,1-7H3. The summed E-state index contributed by atoms with van der Waals surface area (Å²) < 4.78 is 30.8. The van der Waals surface area contributed by atoms with Crippen molar-refractivity contribution in [3.8, 4) is 0 Å². The lowest BCUT2D eigenvalue weighted by Gasteiger charge is -2.37. The van der Waals surface area contributed by atoms with Crippen LogP contribution in [0.5, 0.6) is 0 Å². The van der Waals surface area contributed by atoms with E-state index in [1.807, 2.05) is 0 Å². The predicted octanol–water partition coefficient (Wildman–Crippen LogP) is 0.289. The molecular formula is C25H41N3O12. The van der Waals surface area contributed by atoms with Crippen LogP contribution in [0.1, 0.15) is 48.5 Å². The van der Waals surface area contributed by atoms with Gasteiger partial charge in [-0.05, 0) is 48.5 Å². The molecule has 0 bridgehead atoms. The highest BCUT2D eigenvalue weighted by molar-refractivity contribution is 5.91. The summed E-state index contributed by atoms with van der Waals surface area (Å²) >= 11 is 0. The Bertz CT molecular complexity index is 878. The van der Waals surface area contributed by atoms with Gasteiger partial charge in [-0.15, -0.1) is 0 Å². The molecular weight excluding hydrogens is 534 g/mol. The van der Waals surface area contributed by atoms with Gasteiger partial charge in [0.2, 0.25) is 11.8 Å². The third kappa shape index (κ3) is 13.1. The Balaban J connectivity index is 3.17. The van der Waals surface area contributed by atoms with Crippen LogP contribution >= 0.6 is 0 Å². The van der Waals surface area contributed by atoms with Gasteiger partial charge in [0, 0.05) is 0 Å². The van der Waals surface area contributed by atoms with Crippen LogP contribution in [0.25, 0.3) is 0 Å². The van der Waals surface area contributed by atoms with Crippen molar-refractivity contribution in [2.75, 3.05) is 59.1 Å². The quantitative estimate of drug-likeness (QED) is 0.194. The monoisotopic (exact) mass is 575 g/mol. The minimum atomic E-state index is -1.01. The fraction of sp³-hybridized carbons (Fsp3) is 0.760. The molecule has 0 unspecified atom stereocenters. The van der Waals surface area contributed by atoms with Gasteiger partial charge in [-0.25, -0.2) is 4.79 Å². The maximum atomic E-state index is 13.3. The maximum Gasteiger partial charge on any atom is 0.411 e. The van der Waals surface area contributed by atoms with Crippen LogP contribution in [0.4, 0.5) is 4.79 Å². The van der Waals surface area contributed by atoms with Crippen molar-refractivity contribution in [3.05, 3.63) is 0 Å². The molecule has 1 aliphatic rings. The number of hydrogen-bond donors (Lipinski definition) is 0. The molecule has 228 valence electrons. The Hall–Kier alpha value is -3.46. The molecule has 0 aromatic rings. The van der Waals surface area contributed by atoms with Crippen LogP contribution in [-0.2, 0) is 52.4 Å². The summed E-state index contributed by atoms with van der Waals surface area (Å²) in [4.78, 5) is 78.6. The van der Waals surface area contributed by atoms with Crippen LogP contribution in [0.3, 0.4) is 0 Å². The molecule has 3 amide bonds. The maximum absolute atomic E-state index is 13.3. The third-order valence-corrected chi connectivity index (χ3v) is 4.94. The normalized spacial score (nSPS) is 16.2. The van der Waals surface area contributed by atoms with Crippen molar-refractivity contribution < 1.29 is 57.2 Å². The van der Waals surface area contributed by atoms with Gasteiger partial charge in [0.25, 0.3) is 0 Å². The highest BCUT2D eigenvalue weighted by atomic mass is 16.9. The third-order valence-electron chi connectivity index (χ3n) is 4.94. The molecule has 1 saturated heterocycles. The molecule has 15 nitrogen and oxygen atoms in total. The first-order valence-corrected chi connectivity index (χ1v) is 13.0. The number of carbonyl (C=O) groups excluding carboxylic acids is 6. The van der Waals surface area contributed by atoms with Gasteiger partial charge < -0.3 is 38.2 Å². The molecule has 40 heavy (non-hydrogen) atoms. The molecule has 0 atom stereocenters. The lowest BCUT2D eigenvalue weighted by Crippen LogP contribution is -2.54. The zero-order valence-corrected chi connectivity index (χ0v) is 24.3. The topological polar surface area (TPSA) is 168 Å². The van der Waals surface area contributed by atoms with Gasteiger partial charge >= 0.3 is 24.0 Å². The van der Waals surface area contributed by atoms with Crippen molar-refractivity contribution in [2.24, 2.45) is 0 Å². The van der Waals surface area contributed by atoms with Crippen LogP contribution in [0.15, 0.2) is 0 Å². The van der Waals surface area contributed by atoms with E-state index in [-0.39, 0.29) is 26.4 Å². The molecule has 0 aliphatic carbocycles. The van der Waals surface area contributed by atoms with Crippen molar-refractivity contribution in [2.45, 2.75) is 66.6 Å². The summed E-state index contributed by atoms with van der Waals surface area (Å²) in [7, 11) is 0. The lowest BCUT2D eigenvalue weighted by atomic mass is 10.2. The van der Waals surface area contributed by atoms with Crippen molar-refractivity contribution in [1.82, 2.24) is 14.7 Å². The Morgan fingerprint density at radius 3 is 1.43 bits per heavy atom. The van der Waals surface area contributed by atoms with E-state index in [2.05, 4.69) is 0 Å². The van der Waals surface area contributed by atoms with E-state index in [0.29, 0.717) is 0 Å². The molecule has 1 aliphatic heterocycles. The molecule has 0 radical (unpaired) electrons. The van der Waals surface area contributed by atoms with E-state index in [1.165, 1.54) is 0 Å². The Morgan fingerprint density at radius 1 is 0.650 bits per heavy atom. The van der Waals surface area contributed by atoms with E-state index < -0.39 is 86.7 Å².